The number of nitrogens with zero attached hydrogens (tertiary/aromatic N) is 1. The average molecular weight is 350 g/mol. The summed E-state index contributed by atoms with van der Waals surface area (Å²) in [6, 6.07) is 10.9. The number of hydrogen-bond acceptors (Lipinski definition) is 4. The molecule has 0 radical (unpaired) electrons. The number of anilines is 2. The van der Waals surface area contributed by atoms with E-state index >= 15 is 0 Å². The van der Waals surface area contributed by atoms with Crippen molar-refractivity contribution in [2.24, 2.45) is 0 Å². The van der Waals surface area contributed by atoms with Gasteiger partial charge in [-0.05, 0) is 48.9 Å². The topological polar surface area (TPSA) is 58.6 Å². The molecule has 24 heavy (non-hydrogen) atoms. The Morgan fingerprint density at radius 3 is 2.58 bits per heavy atom. The summed E-state index contributed by atoms with van der Waals surface area (Å²) in [7, 11) is -3.77. The van der Waals surface area contributed by atoms with Gasteiger partial charge in [0.2, 0.25) is 0 Å². The largest absolute Gasteiger partial charge is 0.378 e. The van der Waals surface area contributed by atoms with Crippen LogP contribution in [0.3, 0.4) is 0 Å². The molecule has 1 saturated heterocycles. The van der Waals surface area contributed by atoms with Crippen molar-refractivity contribution in [3.63, 3.8) is 0 Å². The number of ether oxygens (including phenoxy) is 1. The van der Waals surface area contributed by atoms with Crippen LogP contribution in [0.5, 0.6) is 0 Å². The molecule has 2 aromatic carbocycles. The Hall–Kier alpha value is -2.12. The Labute approximate surface area is 141 Å². The first kappa shape index (κ1) is 16.7. The van der Waals surface area contributed by atoms with E-state index < -0.39 is 15.8 Å². The minimum Gasteiger partial charge on any atom is -0.378 e. The van der Waals surface area contributed by atoms with Crippen LogP contribution in [-0.4, -0.2) is 34.7 Å². The highest BCUT2D eigenvalue weighted by Gasteiger charge is 2.18. The number of nitrogens with one attached hydrogen (secondary N) is 1. The van der Waals surface area contributed by atoms with Gasteiger partial charge in [0.15, 0.2) is 0 Å². The highest BCUT2D eigenvalue weighted by atomic mass is 32.2. The molecule has 0 bridgehead atoms. The molecule has 3 rings (SSSR count). The summed E-state index contributed by atoms with van der Waals surface area (Å²) in [6.45, 7) is 4.43. The zero-order valence-corrected chi connectivity index (χ0v) is 14.1. The van der Waals surface area contributed by atoms with Gasteiger partial charge < -0.3 is 9.64 Å². The van der Waals surface area contributed by atoms with Gasteiger partial charge in [0, 0.05) is 18.8 Å². The van der Waals surface area contributed by atoms with Gasteiger partial charge in [0.25, 0.3) is 10.0 Å². The Bertz CT molecular complexity index is 833. The fourth-order valence-electron chi connectivity index (χ4n) is 2.71. The zero-order valence-electron chi connectivity index (χ0n) is 13.3. The monoisotopic (exact) mass is 350 g/mol. The lowest BCUT2D eigenvalue weighted by Crippen LogP contribution is -2.36. The average Bonchev–Trinajstić information content (AvgIpc) is 2.55. The van der Waals surface area contributed by atoms with Crippen molar-refractivity contribution in [3.8, 4) is 0 Å². The lowest BCUT2D eigenvalue weighted by atomic mass is 10.2. The Morgan fingerprint density at radius 2 is 1.88 bits per heavy atom. The van der Waals surface area contributed by atoms with Gasteiger partial charge in [0.1, 0.15) is 5.82 Å². The number of morpholine rings is 1. The molecule has 7 heteroatoms. The quantitative estimate of drug-likeness (QED) is 0.921. The van der Waals surface area contributed by atoms with Crippen LogP contribution in [0, 0.1) is 12.7 Å². The molecule has 0 aromatic heterocycles. The van der Waals surface area contributed by atoms with Gasteiger partial charge in [-0.1, -0.05) is 6.07 Å². The molecule has 0 amide bonds. The number of benzene rings is 2. The highest BCUT2D eigenvalue weighted by molar-refractivity contribution is 7.92. The molecule has 5 nitrogen and oxygen atoms in total. The molecule has 128 valence electrons. The number of aryl methyl sites for hydroxylation is 1. The number of rotatable bonds is 4. The molecule has 1 heterocycles. The van der Waals surface area contributed by atoms with Gasteiger partial charge in [-0.15, -0.1) is 0 Å². The predicted molar refractivity (Wildman–Crippen MR) is 91.4 cm³/mol. The lowest BCUT2D eigenvalue weighted by Gasteiger charge is -2.29. The van der Waals surface area contributed by atoms with Crippen molar-refractivity contribution in [2.75, 3.05) is 35.9 Å². The van der Waals surface area contributed by atoms with E-state index in [0.717, 1.165) is 24.8 Å². The molecule has 0 unspecified atom stereocenters. The van der Waals surface area contributed by atoms with Crippen molar-refractivity contribution in [2.45, 2.75) is 11.8 Å². The third kappa shape index (κ3) is 3.68. The first-order chi connectivity index (χ1) is 11.5. The molecule has 0 aliphatic carbocycles. The second-order valence-corrected chi connectivity index (χ2v) is 7.32. The van der Waals surface area contributed by atoms with Gasteiger partial charge in [-0.3, -0.25) is 4.72 Å². The second kappa shape index (κ2) is 6.78. The number of halogens is 1. The van der Waals surface area contributed by atoms with Crippen molar-refractivity contribution in [3.05, 3.63) is 53.8 Å². The smallest absolute Gasteiger partial charge is 0.262 e. The van der Waals surface area contributed by atoms with Crippen molar-refractivity contribution >= 4 is 21.4 Å². The molecule has 1 N–H and O–H groups in total. The summed E-state index contributed by atoms with van der Waals surface area (Å²) in [6.07, 6.45) is 0. The maximum atomic E-state index is 13.2. The molecule has 1 aliphatic heterocycles. The first-order valence-electron chi connectivity index (χ1n) is 7.67. The summed E-state index contributed by atoms with van der Waals surface area (Å²) in [5, 5.41) is 0. The van der Waals surface area contributed by atoms with E-state index in [0.29, 0.717) is 24.5 Å². The van der Waals surface area contributed by atoms with Gasteiger partial charge in [-0.2, -0.15) is 0 Å². The van der Waals surface area contributed by atoms with E-state index in [2.05, 4.69) is 9.62 Å². The van der Waals surface area contributed by atoms with Crippen LogP contribution >= 0.6 is 0 Å². The van der Waals surface area contributed by atoms with Crippen LogP contribution in [0.4, 0.5) is 15.8 Å². The first-order valence-corrected chi connectivity index (χ1v) is 9.16. The Kier molecular flexibility index (Phi) is 4.73. The van der Waals surface area contributed by atoms with Crippen LogP contribution in [0.25, 0.3) is 0 Å². The fourth-order valence-corrected chi connectivity index (χ4v) is 3.99. The van der Waals surface area contributed by atoms with Crippen LogP contribution in [0.2, 0.25) is 0 Å². The van der Waals surface area contributed by atoms with Crippen LogP contribution in [-0.2, 0) is 14.8 Å². The summed E-state index contributed by atoms with van der Waals surface area (Å²) >= 11 is 0. The molecule has 1 aliphatic rings. The zero-order chi connectivity index (χ0) is 17.2. The minimum absolute atomic E-state index is 0.0701. The molecule has 2 aromatic rings. The second-order valence-electron chi connectivity index (χ2n) is 5.67. The van der Waals surface area contributed by atoms with Gasteiger partial charge in [-0.25, -0.2) is 12.8 Å². The molecule has 1 fully saturated rings. The number of hydrogen-bond donors (Lipinski definition) is 1. The normalized spacial score (nSPS) is 15.3. The number of sulfonamides is 1. The standard InChI is InChI=1S/C17H19FN2O3S/c1-13-11-14(18)5-6-17(13)24(21,22)19-15-3-2-4-16(12-15)20-7-9-23-10-8-20/h2-6,11-12,19H,7-10H2,1H3. The molecule has 0 spiro atoms. The summed E-state index contributed by atoms with van der Waals surface area (Å²) < 4.78 is 46.2. The molecular weight excluding hydrogens is 331 g/mol. The summed E-state index contributed by atoms with van der Waals surface area (Å²) in [4.78, 5) is 2.21. The van der Waals surface area contributed by atoms with Crippen LogP contribution in [0.1, 0.15) is 5.56 Å². The minimum atomic E-state index is -3.77. The Morgan fingerprint density at radius 1 is 1.12 bits per heavy atom. The third-order valence-corrected chi connectivity index (χ3v) is 5.44. The van der Waals surface area contributed by atoms with Crippen molar-refractivity contribution < 1.29 is 17.5 Å². The van der Waals surface area contributed by atoms with Crippen molar-refractivity contribution in [1.29, 1.82) is 0 Å². The predicted octanol–water partition coefficient (Wildman–Crippen LogP) is 2.77. The summed E-state index contributed by atoms with van der Waals surface area (Å²) in [5.74, 6) is -0.458. The van der Waals surface area contributed by atoms with Crippen LogP contribution in [0.15, 0.2) is 47.4 Å². The van der Waals surface area contributed by atoms with Crippen LogP contribution < -0.4 is 9.62 Å². The van der Waals surface area contributed by atoms with Crippen molar-refractivity contribution in [1.82, 2.24) is 0 Å². The third-order valence-electron chi connectivity index (χ3n) is 3.90. The molecular formula is C17H19FN2O3S. The SMILES string of the molecule is Cc1cc(F)ccc1S(=O)(=O)Nc1cccc(N2CCOCC2)c1. The highest BCUT2D eigenvalue weighted by Crippen LogP contribution is 2.24. The Balaban J connectivity index is 1.84. The van der Waals surface area contributed by atoms with Gasteiger partial charge in [0.05, 0.1) is 23.8 Å². The van der Waals surface area contributed by atoms with E-state index in [-0.39, 0.29) is 4.90 Å². The van der Waals surface area contributed by atoms with Gasteiger partial charge >= 0.3 is 0 Å². The van der Waals surface area contributed by atoms with E-state index in [9.17, 15) is 12.8 Å². The molecule has 0 saturated carbocycles. The maximum absolute atomic E-state index is 13.2. The molecule has 0 atom stereocenters. The fraction of sp³-hybridized carbons (Fsp3) is 0.294. The summed E-state index contributed by atoms with van der Waals surface area (Å²) in [5.41, 5.74) is 1.78. The van der Waals surface area contributed by atoms with E-state index in [1.807, 2.05) is 6.07 Å². The lowest BCUT2D eigenvalue weighted by molar-refractivity contribution is 0.122. The van der Waals surface area contributed by atoms with E-state index in [4.69, 9.17) is 4.74 Å². The maximum Gasteiger partial charge on any atom is 0.262 e. The van der Waals surface area contributed by atoms with E-state index in [1.165, 1.54) is 12.1 Å². The van der Waals surface area contributed by atoms with E-state index in [1.54, 1.807) is 25.1 Å².